The molecule has 0 fully saturated rings. The molecule has 6 heteroatoms. The summed E-state index contributed by atoms with van der Waals surface area (Å²) in [5.41, 5.74) is 0.723. The van der Waals surface area contributed by atoms with Gasteiger partial charge in [-0.2, -0.15) is 0 Å². The van der Waals surface area contributed by atoms with E-state index in [2.05, 4.69) is 5.32 Å². The van der Waals surface area contributed by atoms with E-state index in [1.165, 1.54) is 18.4 Å². The third-order valence-electron chi connectivity index (χ3n) is 2.66. The molecular weight excluding hydrogens is 277 g/mol. The largest absolute Gasteiger partial charge is 0.478 e. The second-order valence-corrected chi connectivity index (χ2v) is 4.31. The number of hydrogen-bond donors (Lipinski definition) is 2. The van der Waals surface area contributed by atoms with E-state index < -0.39 is 17.7 Å². The molecule has 1 aromatic carbocycles. The fourth-order valence-electron chi connectivity index (χ4n) is 1.67. The van der Waals surface area contributed by atoms with Gasteiger partial charge in [0.2, 0.25) is 0 Å². The number of aliphatic carboxylic acids is 1. The number of carboxylic acids is 1. The van der Waals surface area contributed by atoms with E-state index >= 15 is 0 Å². The molecule has 0 unspecified atom stereocenters. The second kappa shape index (κ2) is 6.04. The van der Waals surface area contributed by atoms with Gasteiger partial charge in [0.15, 0.2) is 0 Å². The number of carboxylic acid groups (broad SMARTS) is 1. The number of anilines is 1. The highest BCUT2D eigenvalue weighted by molar-refractivity contribution is 6.04. The molecule has 108 valence electrons. The first-order chi connectivity index (χ1) is 9.95. The minimum atomic E-state index is -1.16. The number of aryl methyl sites for hydroxylation is 1. The van der Waals surface area contributed by atoms with Gasteiger partial charge in [0.05, 0.1) is 5.56 Å². The summed E-state index contributed by atoms with van der Waals surface area (Å²) >= 11 is 0. The van der Waals surface area contributed by atoms with E-state index in [4.69, 9.17) is 9.52 Å². The molecule has 2 aromatic rings. The smallest absolute Gasteiger partial charge is 0.328 e. The Balaban J connectivity index is 2.13. The molecule has 1 aromatic heterocycles. The zero-order valence-electron chi connectivity index (χ0n) is 11.1. The molecule has 0 aliphatic carbocycles. The first-order valence-corrected chi connectivity index (χ1v) is 6.03. The summed E-state index contributed by atoms with van der Waals surface area (Å²) in [6.45, 7) is 1.71. The number of hydrogen-bond acceptors (Lipinski definition) is 3. The molecular formula is C15H12FNO4. The van der Waals surface area contributed by atoms with Gasteiger partial charge in [-0.3, -0.25) is 4.79 Å². The van der Waals surface area contributed by atoms with Gasteiger partial charge in [0.25, 0.3) is 5.91 Å². The van der Waals surface area contributed by atoms with E-state index in [1.807, 2.05) is 0 Å². The Bertz CT molecular complexity index is 718. The lowest BCUT2D eigenvalue weighted by Gasteiger charge is -2.05. The second-order valence-electron chi connectivity index (χ2n) is 4.31. The van der Waals surface area contributed by atoms with Crippen LogP contribution in [0.2, 0.25) is 0 Å². The molecule has 0 radical (unpaired) electrons. The maximum absolute atomic E-state index is 13.7. The monoisotopic (exact) mass is 289 g/mol. The summed E-state index contributed by atoms with van der Waals surface area (Å²) in [5.74, 6) is -1.61. The van der Waals surface area contributed by atoms with Gasteiger partial charge < -0.3 is 14.8 Å². The van der Waals surface area contributed by atoms with Gasteiger partial charge in [-0.1, -0.05) is 0 Å². The van der Waals surface area contributed by atoms with Crippen molar-refractivity contribution in [2.45, 2.75) is 6.92 Å². The Morgan fingerprint density at radius 3 is 2.67 bits per heavy atom. The van der Waals surface area contributed by atoms with E-state index in [1.54, 1.807) is 13.0 Å². The summed E-state index contributed by atoms with van der Waals surface area (Å²) in [4.78, 5) is 22.2. The molecule has 1 amide bonds. The van der Waals surface area contributed by atoms with Gasteiger partial charge in [-0.05, 0) is 37.3 Å². The number of carbonyl (C=O) groups is 2. The molecule has 2 N–H and O–H groups in total. The zero-order chi connectivity index (χ0) is 15.4. The predicted molar refractivity (Wildman–Crippen MR) is 74.5 cm³/mol. The maximum Gasteiger partial charge on any atom is 0.328 e. The van der Waals surface area contributed by atoms with Crippen molar-refractivity contribution in [3.63, 3.8) is 0 Å². The molecule has 1 heterocycles. The quantitative estimate of drug-likeness (QED) is 0.848. The van der Waals surface area contributed by atoms with Gasteiger partial charge >= 0.3 is 5.97 Å². The number of amides is 1. The van der Waals surface area contributed by atoms with Gasteiger partial charge in [-0.25, -0.2) is 9.18 Å². The van der Waals surface area contributed by atoms with Crippen LogP contribution in [0, 0.1) is 12.7 Å². The van der Waals surface area contributed by atoms with E-state index in [0.29, 0.717) is 11.3 Å². The number of halogens is 1. The Morgan fingerprint density at radius 1 is 1.33 bits per heavy atom. The van der Waals surface area contributed by atoms with Crippen LogP contribution in [-0.2, 0) is 4.79 Å². The highest BCUT2D eigenvalue weighted by Crippen LogP contribution is 2.17. The highest BCUT2D eigenvalue weighted by Gasteiger charge is 2.10. The van der Waals surface area contributed by atoms with Crippen molar-refractivity contribution in [1.29, 1.82) is 0 Å². The van der Waals surface area contributed by atoms with Crippen LogP contribution < -0.4 is 5.32 Å². The Hall–Kier alpha value is -2.89. The normalized spacial score (nSPS) is 10.8. The molecule has 0 saturated heterocycles. The van der Waals surface area contributed by atoms with Crippen LogP contribution in [0.15, 0.2) is 41.0 Å². The van der Waals surface area contributed by atoms with Gasteiger partial charge in [0, 0.05) is 17.3 Å². The lowest BCUT2D eigenvalue weighted by atomic mass is 10.1. The third-order valence-corrected chi connectivity index (χ3v) is 2.66. The number of furan rings is 1. The van der Waals surface area contributed by atoms with Crippen molar-refractivity contribution in [2.75, 3.05) is 5.32 Å². The summed E-state index contributed by atoms with van der Waals surface area (Å²) < 4.78 is 18.8. The molecule has 21 heavy (non-hydrogen) atoms. The van der Waals surface area contributed by atoms with Gasteiger partial charge in [0.1, 0.15) is 17.8 Å². The van der Waals surface area contributed by atoms with E-state index in [-0.39, 0.29) is 11.3 Å². The minimum Gasteiger partial charge on any atom is -0.478 e. The molecule has 0 bridgehead atoms. The van der Waals surface area contributed by atoms with Crippen molar-refractivity contribution in [3.05, 3.63) is 59.3 Å². The van der Waals surface area contributed by atoms with Crippen molar-refractivity contribution >= 4 is 23.6 Å². The molecule has 0 aliphatic rings. The van der Waals surface area contributed by atoms with Crippen LogP contribution in [0.4, 0.5) is 10.1 Å². The van der Waals surface area contributed by atoms with Crippen molar-refractivity contribution in [2.24, 2.45) is 0 Å². The molecule has 0 saturated carbocycles. The SMILES string of the molecule is Cc1cc(C(=O)Nc2ccc(/C=C/C(=O)O)c(F)c2)co1. The standard InChI is InChI=1S/C15H12FNO4/c1-9-6-11(8-21-9)15(20)17-12-4-2-10(13(16)7-12)3-5-14(18)19/h2-8H,1H3,(H,17,20)(H,18,19)/b5-3+. The van der Waals surface area contributed by atoms with Crippen molar-refractivity contribution in [1.82, 2.24) is 0 Å². The zero-order valence-corrected chi connectivity index (χ0v) is 11.1. The minimum absolute atomic E-state index is 0.120. The average Bonchev–Trinajstić information content (AvgIpc) is 2.84. The molecule has 2 rings (SSSR count). The maximum atomic E-state index is 13.7. The number of benzene rings is 1. The summed E-state index contributed by atoms with van der Waals surface area (Å²) in [5, 5.41) is 11.0. The van der Waals surface area contributed by atoms with Crippen LogP contribution in [0.3, 0.4) is 0 Å². The summed E-state index contributed by atoms with van der Waals surface area (Å²) in [6.07, 6.45) is 3.29. The average molecular weight is 289 g/mol. The number of carbonyl (C=O) groups excluding carboxylic acids is 1. The lowest BCUT2D eigenvalue weighted by molar-refractivity contribution is -0.131. The first-order valence-electron chi connectivity index (χ1n) is 6.03. The van der Waals surface area contributed by atoms with Crippen LogP contribution in [0.1, 0.15) is 21.7 Å². The molecule has 0 atom stereocenters. The number of nitrogens with one attached hydrogen (secondary N) is 1. The van der Waals surface area contributed by atoms with Gasteiger partial charge in [-0.15, -0.1) is 0 Å². The molecule has 0 aliphatic heterocycles. The van der Waals surface area contributed by atoms with Crippen LogP contribution in [0.25, 0.3) is 6.08 Å². The summed E-state index contributed by atoms with van der Waals surface area (Å²) in [6, 6.07) is 5.54. The third kappa shape index (κ3) is 3.79. The first kappa shape index (κ1) is 14.5. The Kier molecular flexibility index (Phi) is 4.18. The molecule has 5 nitrogen and oxygen atoms in total. The fourth-order valence-corrected chi connectivity index (χ4v) is 1.67. The van der Waals surface area contributed by atoms with Crippen LogP contribution >= 0.6 is 0 Å². The van der Waals surface area contributed by atoms with Crippen molar-refractivity contribution < 1.29 is 23.5 Å². The van der Waals surface area contributed by atoms with Crippen LogP contribution in [0.5, 0.6) is 0 Å². The lowest BCUT2D eigenvalue weighted by Crippen LogP contribution is -2.11. The Labute approximate surface area is 119 Å². The fraction of sp³-hybridized carbons (Fsp3) is 0.0667. The van der Waals surface area contributed by atoms with Crippen LogP contribution in [-0.4, -0.2) is 17.0 Å². The number of rotatable bonds is 4. The van der Waals surface area contributed by atoms with E-state index in [0.717, 1.165) is 18.2 Å². The van der Waals surface area contributed by atoms with Crippen molar-refractivity contribution in [3.8, 4) is 0 Å². The summed E-state index contributed by atoms with van der Waals surface area (Å²) in [7, 11) is 0. The Morgan fingerprint density at radius 2 is 2.10 bits per heavy atom. The predicted octanol–water partition coefficient (Wildman–Crippen LogP) is 3.08. The highest BCUT2D eigenvalue weighted by atomic mass is 19.1. The molecule has 0 spiro atoms. The van der Waals surface area contributed by atoms with E-state index in [9.17, 15) is 14.0 Å². The topological polar surface area (TPSA) is 79.5 Å².